The van der Waals surface area contributed by atoms with Crippen LogP contribution in [-0.2, 0) is 24.7 Å². The predicted molar refractivity (Wildman–Crippen MR) is 127 cm³/mol. The van der Waals surface area contributed by atoms with E-state index in [0.29, 0.717) is 11.4 Å². The van der Waals surface area contributed by atoms with E-state index in [0.717, 1.165) is 59.7 Å². The first-order valence-corrected chi connectivity index (χ1v) is 11.4. The summed E-state index contributed by atoms with van der Waals surface area (Å²) >= 11 is 0. The van der Waals surface area contributed by atoms with E-state index in [1.54, 1.807) is 29.0 Å². The summed E-state index contributed by atoms with van der Waals surface area (Å²) in [5.41, 5.74) is 5.54. The summed E-state index contributed by atoms with van der Waals surface area (Å²) in [6, 6.07) is 5.28. The number of aryl methyl sites for hydroxylation is 3. The molecule has 0 spiro atoms. The molecular weight excluding hydrogens is 432 g/mol. The third-order valence-electron chi connectivity index (χ3n) is 6.31. The van der Waals surface area contributed by atoms with Crippen LogP contribution in [0.3, 0.4) is 0 Å². The van der Waals surface area contributed by atoms with Gasteiger partial charge in [-0.15, -0.1) is 5.10 Å². The molecule has 34 heavy (non-hydrogen) atoms. The van der Waals surface area contributed by atoms with Gasteiger partial charge < -0.3 is 14.6 Å². The number of imidazole rings is 1. The van der Waals surface area contributed by atoms with Gasteiger partial charge in [0.2, 0.25) is 5.91 Å². The number of carbonyl (C=O) groups excluding carboxylic acids is 1. The predicted octanol–water partition coefficient (Wildman–Crippen LogP) is 3.26. The van der Waals surface area contributed by atoms with E-state index in [4.69, 9.17) is 4.74 Å². The van der Waals surface area contributed by atoms with Crippen LogP contribution in [0.25, 0.3) is 16.9 Å². The molecule has 3 heterocycles. The number of ether oxygens (including phenoxy) is 1. The molecule has 176 valence electrons. The Morgan fingerprint density at radius 1 is 1.21 bits per heavy atom. The van der Waals surface area contributed by atoms with E-state index in [1.807, 2.05) is 49.9 Å². The molecule has 3 aromatic heterocycles. The van der Waals surface area contributed by atoms with Crippen molar-refractivity contribution in [2.24, 2.45) is 7.05 Å². The van der Waals surface area contributed by atoms with Crippen molar-refractivity contribution in [3.8, 4) is 22.7 Å². The van der Waals surface area contributed by atoms with Gasteiger partial charge in [0, 0.05) is 24.4 Å². The summed E-state index contributed by atoms with van der Waals surface area (Å²) in [5.74, 6) is 1.31. The normalized spacial score (nSPS) is 14.0. The first-order chi connectivity index (χ1) is 16.4. The van der Waals surface area contributed by atoms with Gasteiger partial charge >= 0.3 is 0 Å². The highest BCUT2D eigenvalue weighted by Gasteiger charge is 2.24. The maximum Gasteiger partial charge on any atom is 0.250 e. The molecule has 1 aliphatic carbocycles. The first-order valence-electron chi connectivity index (χ1n) is 11.4. The third kappa shape index (κ3) is 3.95. The molecule has 10 nitrogen and oxygen atoms in total. The van der Waals surface area contributed by atoms with E-state index in [-0.39, 0.29) is 5.91 Å². The van der Waals surface area contributed by atoms with Crippen molar-refractivity contribution in [2.75, 3.05) is 12.4 Å². The molecule has 0 fully saturated rings. The van der Waals surface area contributed by atoms with Crippen LogP contribution in [0.1, 0.15) is 42.8 Å². The van der Waals surface area contributed by atoms with Gasteiger partial charge in [-0.1, -0.05) is 11.3 Å². The van der Waals surface area contributed by atoms with Crippen LogP contribution < -0.4 is 10.1 Å². The van der Waals surface area contributed by atoms with Crippen LogP contribution in [0, 0.1) is 6.92 Å². The van der Waals surface area contributed by atoms with Gasteiger partial charge in [0.05, 0.1) is 36.7 Å². The summed E-state index contributed by atoms with van der Waals surface area (Å²) in [6.45, 7) is 3.75. The quantitative estimate of drug-likeness (QED) is 0.474. The highest BCUT2D eigenvalue weighted by Crippen LogP contribution is 2.30. The minimum absolute atomic E-state index is 0.156. The van der Waals surface area contributed by atoms with Crippen LogP contribution in [-0.4, -0.2) is 47.3 Å². The monoisotopic (exact) mass is 460 g/mol. The smallest absolute Gasteiger partial charge is 0.250 e. The van der Waals surface area contributed by atoms with Gasteiger partial charge in [0.1, 0.15) is 23.3 Å². The number of fused-ring (bicyclic) bond motifs is 1. The zero-order chi connectivity index (χ0) is 23.8. The Hall–Kier alpha value is -3.95. The van der Waals surface area contributed by atoms with E-state index in [9.17, 15) is 4.79 Å². The summed E-state index contributed by atoms with van der Waals surface area (Å²) in [7, 11) is 3.50. The molecule has 1 amide bonds. The number of methoxy groups -OCH3 is 1. The Morgan fingerprint density at radius 3 is 2.79 bits per heavy atom. The van der Waals surface area contributed by atoms with Crippen LogP contribution in [0.4, 0.5) is 5.82 Å². The largest absolute Gasteiger partial charge is 0.495 e. The van der Waals surface area contributed by atoms with Crippen LogP contribution in [0.2, 0.25) is 0 Å². The molecule has 1 N–H and O–H groups in total. The second-order valence-electron chi connectivity index (χ2n) is 8.66. The van der Waals surface area contributed by atoms with Gasteiger partial charge in [0.15, 0.2) is 0 Å². The van der Waals surface area contributed by atoms with Crippen LogP contribution in [0.5, 0.6) is 5.75 Å². The topological polar surface area (TPSA) is 105 Å². The molecule has 0 aliphatic heterocycles. The fraction of sp³-hybridized carbons (Fsp3) is 0.375. The average molecular weight is 461 g/mol. The lowest BCUT2D eigenvalue weighted by molar-refractivity contribution is -0.119. The molecule has 4 aromatic rings. The molecule has 0 bridgehead atoms. The molecule has 1 atom stereocenters. The lowest BCUT2D eigenvalue weighted by atomic mass is 9.97. The van der Waals surface area contributed by atoms with E-state index in [1.165, 1.54) is 0 Å². The summed E-state index contributed by atoms with van der Waals surface area (Å²) in [6.07, 6.45) is 9.63. The zero-order valence-electron chi connectivity index (χ0n) is 19.8. The van der Waals surface area contributed by atoms with Gasteiger partial charge in [-0.3, -0.25) is 9.48 Å². The number of aromatic nitrogens is 7. The van der Waals surface area contributed by atoms with Gasteiger partial charge in [0.25, 0.3) is 0 Å². The zero-order valence-corrected chi connectivity index (χ0v) is 19.8. The van der Waals surface area contributed by atoms with Gasteiger partial charge in [-0.2, -0.15) is 5.10 Å². The van der Waals surface area contributed by atoms with E-state index >= 15 is 0 Å². The summed E-state index contributed by atoms with van der Waals surface area (Å²) in [5, 5.41) is 16.1. The van der Waals surface area contributed by atoms with Crippen molar-refractivity contribution in [1.29, 1.82) is 0 Å². The maximum absolute atomic E-state index is 13.0. The highest BCUT2D eigenvalue weighted by molar-refractivity contribution is 5.93. The van der Waals surface area contributed by atoms with E-state index < -0.39 is 6.04 Å². The molecule has 0 saturated heterocycles. The Kier molecular flexibility index (Phi) is 5.64. The van der Waals surface area contributed by atoms with Gasteiger partial charge in [-0.05, 0) is 51.7 Å². The maximum atomic E-state index is 13.0. The fourth-order valence-electron chi connectivity index (χ4n) is 4.38. The number of benzene rings is 1. The molecule has 1 unspecified atom stereocenters. The number of rotatable bonds is 6. The lowest BCUT2D eigenvalue weighted by Gasteiger charge is -2.15. The molecule has 10 heteroatoms. The molecule has 1 aliphatic rings. The molecular formula is C24H28N8O2. The number of hydrogen-bond acceptors (Lipinski definition) is 6. The van der Waals surface area contributed by atoms with E-state index in [2.05, 4.69) is 25.7 Å². The van der Waals surface area contributed by atoms with Crippen molar-refractivity contribution in [3.05, 3.63) is 53.9 Å². The first kappa shape index (κ1) is 21.9. The van der Waals surface area contributed by atoms with Crippen molar-refractivity contribution in [1.82, 2.24) is 34.3 Å². The number of nitrogens with zero attached hydrogens (tertiary/aromatic N) is 7. The Labute approximate surface area is 197 Å². The average Bonchev–Trinajstić information content (AvgIpc) is 3.57. The molecule has 1 aromatic carbocycles. The highest BCUT2D eigenvalue weighted by atomic mass is 16.5. The third-order valence-corrected chi connectivity index (χ3v) is 6.31. The fourth-order valence-corrected chi connectivity index (χ4v) is 4.38. The summed E-state index contributed by atoms with van der Waals surface area (Å²) in [4.78, 5) is 17.3. The number of carbonyl (C=O) groups is 1. The van der Waals surface area contributed by atoms with Gasteiger partial charge in [-0.25, -0.2) is 9.67 Å². The van der Waals surface area contributed by atoms with Crippen molar-refractivity contribution < 1.29 is 9.53 Å². The molecule has 0 radical (unpaired) electrons. The minimum Gasteiger partial charge on any atom is -0.495 e. The Morgan fingerprint density at radius 2 is 2.03 bits per heavy atom. The Balaban J connectivity index is 1.35. The standard InChI is InChI=1S/C24H28N8O2/c1-15-12-31(14-25-15)21-10-9-17(11-22(21)34-4)20-13-32(29-27-20)16(2)24(33)26-23-18-7-5-6-8-19(18)28-30(23)3/h9-14,16H,5-8H2,1-4H3,(H,26,33). The van der Waals surface area contributed by atoms with Crippen molar-refractivity contribution >= 4 is 11.7 Å². The number of anilines is 1. The Bertz CT molecular complexity index is 1350. The van der Waals surface area contributed by atoms with Crippen LogP contribution >= 0.6 is 0 Å². The number of nitrogens with one attached hydrogen (secondary N) is 1. The summed E-state index contributed by atoms with van der Waals surface area (Å²) < 4.78 is 10.9. The number of amides is 1. The lowest BCUT2D eigenvalue weighted by Crippen LogP contribution is -2.25. The van der Waals surface area contributed by atoms with Crippen molar-refractivity contribution in [2.45, 2.75) is 45.6 Å². The SMILES string of the molecule is COc1cc(-c2cn(C(C)C(=O)Nc3c4c(nn3C)CCCC4)nn2)ccc1-n1cnc(C)c1. The van der Waals surface area contributed by atoms with Crippen molar-refractivity contribution in [3.63, 3.8) is 0 Å². The minimum atomic E-state index is -0.537. The second-order valence-corrected chi connectivity index (χ2v) is 8.66. The second kappa shape index (κ2) is 8.77. The number of hydrogen-bond donors (Lipinski definition) is 1. The molecule has 0 saturated carbocycles. The molecule has 5 rings (SSSR count). The van der Waals surface area contributed by atoms with Crippen LogP contribution in [0.15, 0.2) is 36.9 Å².